The van der Waals surface area contributed by atoms with Crippen molar-refractivity contribution in [3.8, 4) is 6.07 Å². The molecule has 0 spiro atoms. The summed E-state index contributed by atoms with van der Waals surface area (Å²) in [6, 6.07) is 4.92. The third kappa shape index (κ3) is 2.92. The highest BCUT2D eigenvalue weighted by atomic mass is 16.3. The van der Waals surface area contributed by atoms with Gasteiger partial charge in [-0.1, -0.05) is 0 Å². The van der Waals surface area contributed by atoms with Gasteiger partial charge in [0.1, 0.15) is 6.07 Å². The lowest BCUT2D eigenvalue weighted by molar-refractivity contribution is 0.103. The molecular weight excluding hydrogens is 252 g/mol. The van der Waals surface area contributed by atoms with E-state index in [1.807, 2.05) is 13.0 Å². The Morgan fingerprint density at radius 1 is 1.40 bits per heavy atom. The second-order valence-electron chi connectivity index (χ2n) is 5.52. The molecule has 1 aliphatic heterocycles. The van der Waals surface area contributed by atoms with Crippen LogP contribution in [0.4, 0.5) is 5.69 Å². The van der Waals surface area contributed by atoms with Gasteiger partial charge in [0.25, 0.3) is 0 Å². The van der Waals surface area contributed by atoms with E-state index in [2.05, 4.69) is 34.7 Å². The average Bonchev–Trinajstić information content (AvgIpc) is 2.42. The molecule has 108 valence electrons. The molecule has 1 aliphatic rings. The molecule has 0 unspecified atom stereocenters. The van der Waals surface area contributed by atoms with E-state index in [0.717, 1.165) is 24.5 Å². The van der Waals surface area contributed by atoms with Crippen molar-refractivity contribution in [1.29, 1.82) is 5.26 Å². The van der Waals surface area contributed by atoms with Gasteiger partial charge in [-0.15, -0.1) is 0 Å². The molecule has 1 aromatic heterocycles. The highest BCUT2D eigenvalue weighted by Gasteiger charge is 2.30. The first-order valence-electron chi connectivity index (χ1n) is 7.05. The Hall–Kier alpha value is -1.64. The number of aliphatic hydroxyl groups is 1. The van der Waals surface area contributed by atoms with Crippen molar-refractivity contribution >= 4 is 5.69 Å². The topological polar surface area (TPSA) is 63.4 Å². The number of aryl methyl sites for hydroxylation is 1. The zero-order chi connectivity index (χ0) is 14.7. The number of rotatable bonds is 3. The van der Waals surface area contributed by atoms with Crippen LogP contribution >= 0.6 is 0 Å². The summed E-state index contributed by atoms with van der Waals surface area (Å²) in [5, 5.41) is 18.4. The molecule has 1 aromatic rings. The molecule has 1 fully saturated rings. The highest BCUT2D eigenvalue weighted by molar-refractivity contribution is 5.59. The molecule has 20 heavy (non-hydrogen) atoms. The van der Waals surface area contributed by atoms with Gasteiger partial charge in [0.2, 0.25) is 0 Å². The number of hydrogen-bond donors (Lipinski definition) is 1. The molecular formula is C15H22N4O. The minimum atomic E-state index is 0.187. The summed E-state index contributed by atoms with van der Waals surface area (Å²) in [5.74, 6) is 0. The maximum absolute atomic E-state index is 9.25. The number of piperazine rings is 1. The van der Waals surface area contributed by atoms with Gasteiger partial charge in [-0.05, 0) is 26.8 Å². The fourth-order valence-corrected chi connectivity index (χ4v) is 3.00. The van der Waals surface area contributed by atoms with Gasteiger partial charge in [0, 0.05) is 43.6 Å². The Morgan fingerprint density at radius 2 is 2.05 bits per heavy atom. The van der Waals surface area contributed by atoms with Gasteiger partial charge < -0.3 is 10.0 Å². The Balaban J connectivity index is 2.24. The third-order valence-corrected chi connectivity index (χ3v) is 3.94. The fraction of sp³-hybridized carbons (Fsp3) is 0.600. The Kier molecular flexibility index (Phi) is 4.58. The molecule has 1 saturated heterocycles. The van der Waals surface area contributed by atoms with Crippen molar-refractivity contribution in [2.24, 2.45) is 0 Å². The van der Waals surface area contributed by atoms with Crippen molar-refractivity contribution in [3.63, 3.8) is 0 Å². The molecule has 5 heteroatoms. The zero-order valence-electron chi connectivity index (χ0n) is 12.4. The Labute approximate surface area is 120 Å². The standard InChI is InChI=1S/C15H22N4O/c1-11-6-15(14(7-16)8-17-11)18-9-12(2)19(4-5-20)13(3)10-18/h6,8,12-13,20H,4-5,9-10H2,1-3H3/t12-,13+. The van der Waals surface area contributed by atoms with Crippen molar-refractivity contribution in [1.82, 2.24) is 9.88 Å². The fourth-order valence-electron chi connectivity index (χ4n) is 3.00. The number of anilines is 1. The van der Waals surface area contributed by atoms with Gasteiger partial charge in [-0.3, -0.25) is 9.88 Å². The third-order valence-electron chi connectivity index (χ3n) is 3.94. The average molecular weight is 274 g/mol. The zero-order valence-corrected chi connectivity index (χ0v) is 12.4. The van der Waals surface area contributed by atoms with Gasteiger partial charge >= 0.3 is 0 Å². The predicted octanol–water partition coefficient (Wildman–Crippen LogP) is 1.15. The van der Waals surface area contributed by atoms with E-state index in [0.29, 0.717) is 24.2 Å². The lowest BCUT2D eigenvalue weighted by Gasteiger charge is -2.45. The van der Waals surface area contributed by atoms with E-state index in [1.54, 1.807) is 6.20 Å². The van der Waals surface area contributed by atoms with Crippen LogP contribution in [0.1, 0.15) is 25.1 Å². The maximum atomic E-state index is 9.25. The minimum absolute atomic E-state index is 0.187. The first-order chi connectivity index (χ1) is 9.56. The molecule has 0 saturated carbocycles. The van der Waals surface area contributed by atoms with Gasteiger partial charge in [-0.25, -0.2) is 0 Å². The van der Waals surface area contributed by atoms with E-state index in [9.17, 15) is 5.26 Å². The van der Waals surface area contributed by atoms with Crippen LogP contribution < -0.4 is 4.90 Å². The van der Waals surface area contributed by atoms with Crippen LogP contribution in [0.15, 0.2) is 12.3 Å². The molecule has 0 amide bonds. The van der Waals surface area contributed by atoms with E-state index in [1.165, 1.54) is 0 Å². The number of aromatic nitrogens is 1. The highest BCUT2D eigenvalue weighted by Crippen LogP contribution is 2.25. The molecule has 5 nitrogen and oxygen atoms in total. The number of nitrogens with zero attached hydrogens (tertiary/aromatic N) is 4. The lowest BCUT2D eigenvalue weighted by atomic mass is 10.1. The molecule has 2 heterocycles. The first kappa shape index (κ1) is 14.8. The van der Waals surface area contributed by atoms with E-state index in [-0.39, 0.29) is 6.61 Å². The van der Waals surface area contributed by atoms with Crippen molar-refractivity contribution < 1.29 is 5.11 Å². The van der Waals surface area contributed by atoms with E-state index < -0.39 is 0 Å². The van der Waals surface area contributed by atoms with Crippen molar-refractivity contribution in [2.45, 2.75) is 32.9 Å². The SMILES string of the molecule is Cc1cc(N2C[C@@H](C)N(CCO)[C@@H](C)C2)c(C#N)cn1. The predicted molar refractivity (Wildman–Crippen MR) is 78.6 cm³/mol. The smallest absolute Gasteiger partial charge is 0.103 e. The Morgan fingerprint density at radius 3 is 2.60 bits per heavy atom. The van der Waals surface area contributed by atoms with E-state index in [4.69, 9.17) is 5.11 Å². The van der Waals surface area contributed by atoms with E-state index >= 15 is 0 Å². The summed E-state index contributed by atoms with van der Waals surface area (Å²) < 4.78 is 0. The summed E-state index contributed by atoms with van der Waals surface area (Å²) >= 11 is 0. The number of β-amino-alcohol motifs (C(OH)–C–C–N with tert-alkyl or cyclic N) is 1. The monoisotopic (exact) mass is 274 g/mol. The molecule has 0 bridgehead atoms. The van der Waals surface area contributed by atoms with Gasteiger partial charge in [-0.2, -0.15) is 5.26 Å². The normalized spacial score (nSPS) is 23.6. The second-order valence-corrected chi connectivity index (χ2v) is 5.52. The molecule has 2 atom stereocenters. The van der Waals surface area contributed by atoms with Crippen LogP contribution in [-0.2, 0) is 0 Å². The number of pyridine rings is 1. The molecule has 0 aliphatic carbocycles. The molecule has 2 rings (SSSR count). The molecule has 1 N–H and O–H groups in total. The quantitative estimate of drug-likeness (QED) is 0.896. The summed E-state index contributed by atoms with van der Waals surface area (Å²) in [6.07, 6.45) is 1.65. The molecule has 0 radical (unpaired) electrons. The van der Waals surface area contributed by atoms with Crippen molar-refractivity contribution in [2.75, 3.05) is 31.1 Å². The van der Waals surface area contributed by atoms with Crippen LogP contribution in [0.2, 0.25) is 0 Å². The van der Waals surface area contributed by atoms with Crippen molar-refractivity contribution in [3.05, 3.63) is 23.5 Å². The van der Waals surface area contributed by atoms with Gasteiger partial charge in [0.05, 0.1) is 17.9 Å². The van der Waals surface area contributed by atoms with Crippen LogP contribution in [-0.4, -0.2) is 53.3 Å². The second kappa shape index (κ2) is 6.21. The summed E-state index contributed by atoms with van der Waals surface area (Å²) in [5.41, 5.74) is 2.53. The number of hydrogen-bond acceptors (Lipinski definition) is 5. The summed E-state index contributed by atoms with van der Waals surface area (Å²) in [7, 11) is 0. The minimum Gasteiger partial charge on any atom is -0.395 e. The number of aliphatic hydroxyl groups excluding tert-OH is 1. The van der Waals surface area contributed by atoms with Crippen LogP contribution in [0.25, 0.3) is 0 Å². The van der Waals surface area contributed by atoms with Gasteiger partial charge in [0.15, 0.2) is 0 Å². The summed E-state index contributed by atoms with van der Waals surface area (Å²) in [6.45, 7) is 8.89. The Bertz CT molecular complexity index is 499. The maximum Gasteiger partial charge on any atom is 0.103 e. The molecule has 0 aromatic carbocycles. The van der Waals surface area contributed by atoms with Crippen LogP contribution in [0, 0.1) is 18.3 Å². The lowest BCUT2D eigenvalue weighted by Crippen LogP contribution is -2.57. The van der Waals surface area contributed by atoms with Crippen LogP contribution in [0.5, 0.6) is 0 Å². The first-order valence-corrected chi connectivity index (χ1v) is 7.05. The largest absolute Gasteiger partial charge is 0.395 e. The number of nitriles is 1. The van der Waals surface area contributed by atoms with Crippen LogP contribution in [0.3, 0.4) is 0 Å². The summed E-state index contributed by atoms with van der Waals surface area (Å²) in [4.78, 5) is 8.77.